The Morgan fingerprint density at radius 3 is 2.50 bits per heavy atom. The van der Waals surface area contributed by atoms with Gasteiger partial charge in [0, 0.05) is 19.0 Å². The van der Waals surface area contributed by atoms with Crippen molar-refractivity contribution in [2.24, 2.45) is 16.6 Å². The number of aryl methyl sites for hydroxylation is 1. The molecule has 6 nitrogen and oxygen atoms in total. The fourth-order valence-electron chi connectivity index (χ4n) is 3.67. The van der Waals surface area contributed by atoms with Gasteiger partial charge in [0.25, 0.3) is 0 Å². The van der Waals surface area contributed by atoms with E-state index in [0.717, 1.165) is 70.8 Å². The number of guanidine groups is 1. The number of rotatable bonds is 10. The summed E-state index contributed by atoms with van der Waals surface area (Å²) in [7, 11) is 0. The normalized spacial score (nSPS) is 16.1. The van der Waals surface area contributed by atoms with Crippen molar-refractivity contribution in [3.8, 4) is 0 Å². The van der Waals surface area contributed by atoms with Gasteiger partial charge in [-0.25, -0.2) is 4.99 Å². The van der Waals surface area contributed by atoms with E-state index in [-0.39, 0.29) is 11.8 Å². The van der Waals surface area contributed by atoms with Gasteiger partial charge >= 0.3 is 0 Å². The van der Waals surface area contributed by atoms with Crippen LogP contribution in [0.5, 0.6) is 0 Å². The van der Waals surface area contributed by atoms with Crippen molar-refractivity contribution in [3.05, 3.63) is 35.4 Å². The number of primary amides is 1. The van der Waals surface area contributed by atoms with Crippen LogP contribution in [0, 0.1) is 5.92 Å². The molecule has 0 atom stereocenters. The number of hydrogen-bond donors (Lipinski definition) is 3. The number of aliphatic imine (C=N–C) groups is 1. The Balaban J connectivity index is 1.68. The van der Waals surface area contributed by atoms with E-state index in [0.29, 0.717) is 6.54 Å². The zero-order valence-corrected chi connectivity index (χ0v) is 17.5. The van der Waals surface area contributed by atoms with Crippen molar-refractivity contribution >= 4 is 11.9 Å². The second-order valence-electron chi connectivity index (χ2n) is 7.47. The largest absolute Gasteiger partial charge is 0.369 e. The fraction of sp³-hybridized carbons (Fsp3) is 0.636. The summed E-state index contributed by atoms with van der Waals surface area (Å²) in [6, 6.07) is 8.51. The Hall–Kier alpha value is -2.08. The summed E-state index contributed by atoms with van der Waals surface area (Å²) in [5.41, 5.74) is 8.06. The van der Waals surface area contributed by atoms with Crippen LogP contribution < -0.4 is 16.4 Å². The molecular formula is C22H37N5O. The third-order valence-corrected chi connectivity index (χ3v) is 5.43. The van der Waals surface area contributed by atoms with Crippen LogP contribution in [0.15, 0.2) is 29.3 Å². The first-order valence-corrected chi connectivity index (χ1v) is 10.7. The van der Waals surface area contributed by atoms with E-state index in [4.69, 9.17) is 10.7 Å². The fourth-order valence-corrected chi connectivity index (χ4v) is 3.67. The van der Waals surface area contributed by atoms with Gasteiger partial charge < -0.3 is 21.3 Å². The average molecular weight is 388 g/mol. The lowest BCUT2D eigenvalue weighted by Gasteiger charge is -2.30. The highest BCUT2D eigenvalue weighted by Gasteiger charge is 2.22. The molecule has 28 heavy (non-hydrogen) atoms. The maximum Gasteiger partial charge on any atom is 0.220 e. The molecule has 2 rings (SSSR count). The molecule has 0 aromatic heterocycles. The predicted molar refractivity (Wildman–Crippen MR) is 116 cm³/mol. The summed E-state index contributed by atoms with van der Waals surface area (Å²) >= 11 is 0. The Morgan fingerprint density at radius 1 is 1.14 bits per heavy atom. The van der Waals surface area contributed by atoms with Crippen LogP contribution in [0.3, 0.4) is 0 Å². The van der Waals surface area contributed by atoms with Crippen molar-refractivity contribution in [2.75, 3.05) is 32.7 Å². The van der Waals surface area contributed by atoms with Gasteiger partial charge in [-0.2, -0.15) is 0 Å². The third-order valence-electron chi connectivity index (χ3n) is 5.43. The van der Waals surface area contributed by atoms with E-state index in [9.17, 15) is 4.79 Å². The lowest BCUT2D eigenvalue weighted by molar-refractivity contribution is -0.123. The number of hydrogen-bond acceptors (Lipinski definition) is 3. The van der Waals surface area contributed by atoms with Crippen LogP contribution in [0.25, 0.3) is 0 Å². The van der Waals surface area contributed by atoms with Gasteiger partial charge in [-0.3, -0.25) is 4.79 Å². The van der Waals surface area contributed by atoms with Crippen LogP contribution in [-0.2, 0) is 17.8 Å². The molecule has 0 bridgehead atoms. The summed E-state index contributed by atoms with van der Waals surface area (Å²) in [5.74, 6) is 0.825. The van der Waals surface area contributed by atoms with Crippen LogP contribution in [-0.4, -0.2) is 49.5 Å². The van der Waals surface area contributed by atoms with Crippen molar-refractivity contribution in [3.63, 3.8) is 0 Å². The van der Waals surface area contributed by atoms with E-state index in [2.05, 4.69) is 53.6 Å². The average Bonchev–Trinajstić information content (AvgIpc) is 2.72. The molecule has 1 fully saturated rings. The van der Waals surface area contributed by atoms with Crippen molar-refractivity contribution < 1.29 is 4.79 Å². The van der Waals surface area contributed by atoms with Crippen molar-refractivity contribution in [1.82, 2.24) is 15.5 Å². The maximum absolute atomic E-state index is 11.2. The van der Waals surface area contributed by atoms with E-state index in [1.165, 1.54) is 11.1 Å². The molecule has 1 saturated heterocycles. The van der Waals surface area contributed by atoms with Crippen molar-refractivity contribution in [1.29, 1.82) is 0 Å². The number of nitrogens with one attached hydrogen (secondary N) is 2. The summed E-state index contributed by atoms with van der Waals surface area (Å²) < 4.78 is 0. The molecule has 1 aromatic carbocycles. The molecule has 0 aliphatic carbocycles. The second kappa shape index (κ2) is 12.4. The minimum Gasteiger partial charge on any atom is -0.369 e. The summed E-state index contributed by atoms with van der Waals surface area (Å²) in [4.78, 5) is 18.4. The highest BCUT2D eigenvalue weighted by molar-refractivity contribution is 5.79. The van der Waals surface area contributed by atoms with E-state index >= 15 is 0 Å². The molecule has 0 spiro atoms. The van der Waals surface area contributed by atoms with Crippen LogP contribution >= 0.6 is 0 Å². The molecule has 0 unspecified atom stereocenters. The zero-order chi connectivity index (χ0) is 20.2. The van der Waals surface area contributed by atoms with E-state index < -0.39 is 0 Å². The topological polar surface area (TPSA) is 82.8 Å². The minimum atomic E-state index is -0.138. The van der Waals surface area contributed by atoms with Gasteiger partial charge in [0.15, 0.2) is 5.96 Å². The summed E-state index contributed by atoms with van der Waals surface area (Å²) in [6.07, 6.45) is 5.10. The number of piperidine rings is 1. The SMILES string of the molecule is CCNC(=NCc1ccccc1CC)NCCCCN1CCC(C(N)=O)CC1. The number of carbonyl (C=O) groups excluding carboxylic acids is 1. The lowest BCUT2D eigenvalue weighted by Crippen LogP contribution is -2.39. The first-order chi connectivity index (χ1) is 13.6. The lowest BCUT2D eigenvalue weighted by atomic mass is 9.96. The third kappa shape index (κ3) is 7.50. The molecule has 1 aliphatic heterocycles. The van der Waals surface area contributed by atoms with E-state index in [1.807, 2.05) is 0 Å². The molecule has 0 saturated carbocycles. The van der Waals surface area contributed by atoms with Crippen LogP contribution in [0.2, 0.25) is 0 Å². The number of unbranched alkanes of at least 4 members (excludes halogenated alkanes) is 1. The smallest absolute Gasteiger partial charge is 0.220 e. The molecule has 1 aliphatic rings. The summed E-state index contributed by atoms with van der Waals surface area (Å²) in [6.45, 7) is 9.81. The van der Waals surface area contributed by atoms with E-state index in [1.54, 1.807) is 0 Å². The quantitative estimate of drug-likeness (QED) is 0.327. The van der Waals surface area contributed by atoms with Crippen LogP contribution in [0.1, 0.15) is 50.7 Å². The number of benzene rings is 1. The molecule has 156 valence electrons. The number of carbonyl (C=O) groups is 1. The van der Waals surface area contributed by atoms with Gasteiger partial charge in [0.2, 0.25) is 5.91 Å². The number of amides is 1. The van der Waals surface area contributed by atoms with Gasteiger partial charge in [0.05, 0.1) is 6.54 Å². The molecule has 1 aromatic rings. The molecule has 1 heterocycles. The first kappa shape index (κ1) is 22.2. The second-order valence-corrected chi connectivity index (χ2v) is 7.47. The number of nitrogens with two attached hydrogens (primary N) is 1. The first-order valence-electron chi connectivity index (χ1n) is 10.7. The Kier molecular flexibility index (Phi) is 9.83. The molecule has 6 heteroatoms. The Morgan fingerprint density at radius 2 is 1.86 bits per heavy atom. The predicted octanol–water partition coefficient (Wildman–Crippen LogP) is 2.28. The summed E-state index contributed by atoms with van der Waals surface area (Å²) in [5, 5.41) is 6.78. The van der Waals surface area contributed by atoms with Gasteiger partial charge in [-0.15, -0.1) is 0 Å². The Bertz CT molecular complexity index is 623. The standard InChI is InChI=1S/C22H37N5O/c1-3-18-9-5-6-10-20(18)17-26-22(24-4-2)25-13-7-8-14-27-15-11-19(12-16-27)21(23)28/h5-6,9-10,19H,3-4,7-8,11-17H2,1-2H3,(H2,23,28)(H2,24,25,26). The number of likely N-dealkylation sites (tertiary alicyclic amines) is 1. The molecule has 4 N–H and O–H groups in total. The van der Waals surface area contributed by atoms with Gasteiger partial charge in [0.1, 0.15) is 0 Å². The van der Waals surface area contributed by atoms with Gasteiger partial charge in [-0.05, 0) is 69.8 Å². The maximum atomic E-state index is 11.2. The molecule has 1 amide bonds. The molecular weight excluding hydrogens is 350 g/mol. The van der Waals surface area contributed by atoms with Gasteiger partial charge in [-0.1, -0.05) is 31.2 Å². The van der Waals surface area contributed by atoms with Crippen molar-refractivity contribution in [2.45, 2.75) is 52.5 Å². The Labute approximate surface area is 170 Å². The molecule has 0 radical (unpaired) electrons. The number of nitrogens with zero attached hydrogens (tertiary/aromatic N) is 2. The highest BCUT2D eigenvalue weighted by atomic mass is 16.1. The monoisotopic (exact) mass is 387 g/mol. The minimum absolute atomic E-state index is 0.0784. The highest BCUT2D eigenvalue weighted by Crippen LogP contribution is 2.16. The van der Waals surface area contributed by atoms with Crippen LogP contribution in [0.4, 0.5) is 0 Å². The zero-order valence-electron chi connectivity index (χ0n) is 17.5.